The van der Waals surface area contributed by atoms with E-state index in [0.29, 0.717) is 6.42 Å². The van der Waals surface area contributed by atoms with Crippen molar-refractivity contribution in [2.45, 2.75) is 19.0 Å². The summed E-state index contributed by atoms with van der Waals surface area (Å²) in [6.07, 6.45) is 3.07. The highest BCUT2D eigenvalue weighted by Gasteiger charge is 2.24. The Hall–Kier alpha value is -0.860. The van der Waals surface area contributed by atoms with Crippen LogP contribution >= 0.6 is 0 Å². The molecule has 3 heteroatoms. The van der Waals surface area contributed by atoms with Crippen LogP contribution in [0.1, 0.15) is 12.8 Å². The average molecular weight is 158 g/mol. The first-order valence-electron chi connectivity index (χ1n) is 3.62. The number of hydrogen-bond donors (Lipinski definition) is 0. The lowest BCUT2D eigenvalue weighted by molar-refractivity contribution is -0.146. The minimum Gasteiger partial charge on any atom is -0.469 e. The Balaban J connectivity index is 2.49. The van der Waals surface area contributed by atoms with Gasteiger partial charge in [-0.3, -0.25) is 4.79 Å². The summed E-state index contributed by atoms with van der Waals surface area (Å²) in [6.45, 7) is 0. The molecule has 0 amide bonds. The second-order valence-electron chi connectivity index (χ2n) is 2.64. The van der Waals surface area contributed by atoms with Gasteiger partial charge in [0.2, 0.25) is 0 Å². The van der Waals surface area contributed by atoms with Crippen LogP contribution in [0.4, 0.5) is 4.39 Å². The van der Waals surface area contributed by atoms with E-state index in [0.717, 1.165) is 0 Å². The molecular weight excluding hydrogens is 147 g/mol. The lowest BCUT2D eigenvalue weighted by Crippen LogP contribution is -2.21. The Kier molecular flexibility index (Phi) is 2.63. The van der Waals surface area contributed by atoms with Crippen LogP contribution in [-0.4, -0.2) is 19.3 Å². The van der Waals surface area contributed by atoms with Gasteiger partial charge in [0.1, 0.15) is 6.17 Å². The van der Waals surface area contributed by atoms with Gasteiger partial charge in [-0.2, -0.15) is 0 Å². The number of allylic oxidation sites excluding steroid dienone is 2. The summed E-state index contributed by atoms with van der Waals surface area (Å²) in [5.74, 6) is -0.586. The summed E-state index contributed by atoms with van der Waals surface area (Å²) < 4.78 is 17.1. The van der Waals surface area contributed by atoms with E-state index in [-0.39, 0.29) is 18.3 Å². The van der Waals surface area contributed by atoms with Crippen LogP contribution in [0, 0.1) is 5.92 Å². The second kappa shape index (κ2) is 3.51. The van der Waals surface area contributed by atoms with Crippen molar-refractivity contribution in [3.63, 3.8) is 0 Å². The fourth-order valence-corrected chi connectivity index (χ4v) is 1.20. The highest BCUT2D eigenvalue weighted by molar-refractivity contribution is 5.72. The van der Waals surface area contributed by atoms with Gasteiger partial charge in [-0.05, 0) is 12.8 Å². The van der Waals surface area contributed by atoms with Crippen molar-refractivity contribution < 1.29 is 13.9 Å². The van der Waals surface area contributed by atoms with Gasteiger partial charge >= 0.3 is 5.97 Å². The van der Waals surface area contributed by atoms with Crippen LogP contribution in [0.3, 0.4) is 0 Å². The van der Waals surface area contributed by atoms with E-state index in [4.69, 9.17) is 0 Å². The summed E-state index contributed by atoms with van der Waals surface area (Å²) in [5, 5.41) is 0. The SMILES string of the molecule is COC(=O)[C@@H]1CC=C[C@@H](F)C1. The number of carbonyl (C=O) groups is 1. The lowest BCUT2D eigenvalue weighted by Gasteiger charge is -2.17. The molecule has 0 unspecified atom stereocenters. The Labute approximate surface area is 65.0 Å². The summed E-state index contributed by atoms with van der Waals surface area (Å²) in [5.41, 5.74) is 0. The maximum atomic E-state index is 12.6. The third kappa shape index (κ3) is 2.03. The molecule has 1 aliphatic rings. The minimum absolute atomic E-state index is 0.267. The largest absolute Gasteiger partial charge is 0.469 e. The van der Waals surface area contributed by atoms with Crippen molar-refractivity contribution >= 4 is 5.97 Å². The Morgan fingerprint density at radius 3 is 3.00 bits per heavy atom. The molecule has 0 spiro atoms. The zero-order valence-electron chi connectivity index (χ0n) is 6.42. The molecule has 1 rings (SSSR count). The van der Waals surface area contributed by atoms with Crippen LogP contribution in [-0.2, 0) is 9.53 Å². The molecule has 0 fully saturated rings. The van der Waals surface area contributed by atoms with Crippen molar-refractivity contribution in [2.24, 2.45) is 5.92 Å². The first-order valence-corrected chi connectivity index (χ1v) is 3.62. The van der Waals surface area contributed by atoms with E-state index >= 15 is 0 Å². The number of esters is 1. The van der Waals surface area contributed by atoms with E-state index < -0.39 is 6.17 Å². The van der Waals surface area contributed by atoms with Gasteiger partial charge in [0.05, 0.1) is 13.0 Å². The third-order valence-electron chi connectivity index (χ3n) is 1.81. The number of ether oxygens (including phenoxy) is 1. The van der Waals surface area contributed by atoms with E-state index in [2.05, 4.69) is 4.74 Å². The van der Waals surface area contributed by atoms with Gasteiger partial charge in [0.15, 0.2) is 0 Å². The predicted octanol–water partition coefficient (Wildman–Crippen LogP) is 1.46. The highest BCUT2D eigenvalue weighted by Crippen LogP contribution is 2.21. The molecule has 0 radical (unpaired) electrons. The Bertz CT molecular complexity index is 177. The standard InChI is InChI=1S/C8H11FO2/c1-11-8(10)6-3-2-4-7(9)5-6/h2,4,6-7H,3,5H2,1H3/t6-,7-/m1/s1. The van der Waals surface area contributed by atoms with Crippen molar-refractivity contribution in [1.82, 2.24) is 0 Å². The first-order chi connectivity index (χ1) is 5.24. The van der Waals surface area contributed by atoms with E-state index in [1.54, 1.807) is 6.08 Å². The highest BCUT2D eigenvalue weighted by atomic mass is 19.1. The van der Waals surface area contributed by atoms with Gasteiger partial charge in [-0.25, -0.2) is 4.39 Å². The summed E-state index contributed by atoms with van der Waals surface area (Å²) >= 11 is 0. The van der Waals surface area contributed by atoms with Gasteiger partial charge in [-0.15, -0.1) is 0 Å². The number of carbonyl (C=O) groups excluding carboxylic acids is 1. The predicted molar refractivity (Wildman–Crippen MR) is 38.8 cm³/mol. The van der Waals surface area contributed by atoms with Crippen LogP contribution in [0.5, 0.6) is 0 Å². The van der Waals surface area contributed by atoms with Gasteiger partial charge in [-0.1, -0.05) is 12.2 Å². The van der Waals surface area contributed by atoms with Crippen LogP contribution < -0.4 is 0 Å². The maximum absolute atomic E-state index is 12.6. The number of alkyl halides is 1. The van der Waals surface area contributed by atoms with Crippen LogP contribution in [0.25, 0.3) is 0 Å². The van der Waals surface area contributed by atoms with Crippen LogP contribution in [0.2, 0.25) is 0 Å². The van der Waals surface area contributed by atoms with Crippen molar-refractivity contribution in [3.8, 4) is 0 Å². The topological polar surface area (TPSA) is 26.3 Å². The quantitative estimate of drug-likeness (QED) is 0.426. The number of hydrogen-bond acceptors (Lipinski definition) is 2. The number of rotatable bonds is 1. The van der Waals surface area contributed by atoms with Gasteiger partial charge in [0.25, 0.3) is 0 Å². The zero-order chi connectivity index (χ0) is 8.27. The fraction of sp³-hybridized carbons (Fsp3) is 0.625. The number of methoxy groups -OCH3 is 1. The molecule has 0 N–H and O–H groups in total. The Morgan fingerprint density at radius 1 is 1.73 bits per heavy atom. The third-order valence-corrected chi connectivity index (χ3v) is 1.81. The normalized spacial score (nSPS) is 30.0. The van der Waals surface area contributed by atoms with Gasteiger partial charge in [0, 0.05) is 0 Å². The molecular formula is C8H11FO2. The van der Waals surface area contributed by atoms with E-state index in [1.165, 1.54) is 13.2 Å². The monoisotopic (exact) mass is 158 g/mol. The van der Waals surface area contributed by atoms with Crippen molar-refractivity contribution in [2.75, 3.05) is 7.11 Å². The maximum Gasteiger partial charge on any atom is 0.309 e. The molecule has 0 saturated carbocycles. The first kappa shape index (κ1) is 8.24. The Morgan fingerprint density at radius 2 is 2.45 bits per heavy atom. The number of halogens is 1. The van der Waals surface area contributed by atoms with E-state index in [9.17, 15) is 9.18 Å². The summed E-state index contributed by atoms with van der Waals surface area (Å²) in [7, 11) is 1.33. The molecule has 0 heterocycles. The summed E-state index contributed by atoms with van der Waals surface area (Å²) in [6, 6.07) is 0. The fourth-order valence-electron chi connectivity index (χ4n) is 1.20. The molecule has 2 atom stereocenters. The molecule has 11 heavy (non-hydrogen) atoms. The molecule has 0 aromatic rings. The molecule has 2 nitrogen and oxygen atoms in total. The van der Waals surface area contributed by atoms with Gasteiger partial charge < -0.3 is 4.74 Å². The molecule has 1 aliphatic carbocycles. The molecule has 0 saturated heterocycles. The summed E-state index contributed by atoms with van der Waals surface area (Å²) in [4.78, 5) is 10.9. The molecule has 0 bridgehead atoms. The van der Waals surface area contributed by atoms with Crippen molar-refractivity contribution in [1.29, 1.82) is 0 Å². The van der Waals surface area contributed by atoms with Crippen molar-refractivity contribution in [3.05, 3.63) is 12.2 Å². The second-order valence-corrected chi connectivity index (χ2v) is 2.64. The molecule has 0 aliphatic heterocycles. The zero-order valence-corrected chi connectivity index (χ0v) is 6.42. The minimum atomic E-state index is -0.979. The molecule has 0 aromatic carbocycles. The molecule has 0 aromatic heterocycles. The van der Waals surface area contributed by atoms with E-state index in [1.807, 2.05) is 0 Å². The average Bonchev–Trinajstić information content (AvgIpc) is 2.03. The smallest absolute Gasteiger partial charge is 0.309 e. The van der Waals surface area contributed by atoms with Crippen LogP contribution in [0.15, 0.2) is 12.2 Å². The lowest BCUT2D eigenvalue weighted by atomic mass is 9.93. The molecule has 62 valence electrons.